The van der Waals surface area contributed by atoms with Crippen molar-refractivity contribution >= 4 is 29.4 Å². The molecule has 1 N–H and O–H groups in total. The number of hydrogen-bond donors (Lipinski definition) is 1. The third-order valence-electron chi connectivity index (χ3n) is 7.51. The van der Waals surface area contributed by atoms with Crippen molar-refractivity contribution in [2.75, 3.05) is 13.2 Å². The first-order valence-corrected chi connectivity index (χ1v) is 13.7. The molecule has 7 nitrogen and oxygen atoms in total. The molecule has 0 spiro atoms. The zero-order valence-electron chi connectivity index (χ0n) is 22.1. The number of hydrogen-bond acceptors (Lipinski definition) is 5. The third-order valence-corrected chi connectivity index (χ3v) is 7.77. The lowest BCUT2D eigenvalue weighted by Gasteiger charge is -2.35. The topological polar surface area (TPSA) is 93.1 Å². The maximum absolute atomic E-state index is 13.6. The summed E-state index contributed by atoms with van der Waals surface area (Å²) in [5.41, 5.74) is 4.74. The first kappa shape index (κ1) is 27.6. The van der Waals surface area contributed by atoms with Crippen LogP contribution in [0.15, 0.2) is 84.1 Å². The molecule has 2 aliphatic rings. The maximum atomic E-state index is 13.6. The summed E-state index contributed by atoms with van der Waals surface area (Å²) < 4.78 is 11.6. The molecular weight excluding hydrogens is 530 g/mol. The highest BCUT2D eigenvalue weighted by molar-refractivity contribution is 6.30. The Kier molecular flexibility index (Phi) is 8.33. The van der Waals surface area contributed by atoms with Crippen LogP contribution in [0.1, 0.15) is 53.6 Å². The Bertz CT molecular complexity index is 1420. The molecule has 0 aromatic heterocycles. The van der Waals surface area contributed by atoms with E-state index < -0.39 is 17.9 Å². The standard InChI is InChI=1S/C32H30ClNO6/c1-20-30(28(24-12-14-26(33)15-13-24)17-29(35)34(20)18-27-3-2-16-39-27)32(38)40-19-21-4-6-22(7-5-21)23-8-10-25(11-9-23)31(36)37/h4-15,27-28H,2-3,16-19H2,1H3,(H,36,37)/t27-,28+/m1/s1. The summed E-state index contributed by atoms with van der Waals surface area (Å²) in [5.74, 6) is -1.91. The van der Waals surface area contributed by atoms with Gasteiger partial charge in [-0.15, -0.1) is 0 Å². The van der Waals surface area contributed by atoms with Crippen molar-refractivity contribution in [3.63, 3.8) is 0 Å². The number of nitrogens with zero attached hydrogens (tertiary/aromatic N) is 1. The van der Waals surface area contributed by atoms with Crippen LogP contribution in [-0.4, -0.2) is 47.1 Å². The fourth-order valence-corrected chi connectivity index (χ4v) is 5.42. The van der Waals surface area contributed by atoms with Crippen molar-refractivity contribution in [2.24, 2.45) is 0 Å². The molecule has 3 aromatic carbocycles. The van der Waals surface area contributed by atoms with Gasteiger partial charge >= 0.3 is 11.9 Å². The van der Waals surface area contributed by atoms with Gasteiger partial charge in [0.2, 0.25) is 5.91 Å². The van der Waals surface area contributed by atoms with Gasteiger partial charge in [-0.1, -0.05) is 60.1 Å². The second kappa shape index (κ2) is 12.1. The maximum Gasteiger partial charge on any atom is 0.336 e. The number of carbonyl (C=O) groups excluding carboxylic acids is 2. The van der Waals surface area contributed by atoms with E-state index in [1.54, 1.807) is 48.2 Å². The monoisotopic (exact) mass is 559 g/mol. The van der Waals surface area contributed by atoms with Crippen LogP contribution in [-0.2, 0) is 25.7 Å². The Hall–Kier alpha value is -3.94. The second-order valence-electron chi connectivity index (χ2n) is 10.1. The molecule has 3 aromatic rings. The highest BCUT2D eigenvalue weighted by atomic mass is 35.5. The summed E-state index contributed by atoms with van der Waals surface area (Å²) in [7, 11) is 0. The molecule has 206 valence electrons. The molecular formula is C32H30ClNO6. The first-order valence-electron chi connectivity index (χ1n) is 13.3. The predicted molar refractivity (Wildman–Crippen MR) is 151 cm³/mol. The average Bonchev–Trinajstić information content (AvgIpc) is 3.48. The Morgan fingerprint density at radius 3 is 2.25 bits per heavy atom. The predicted octanol–water partition coefficient (Wildman–Crippen LogP) is 6.22. The van der Waals surface area contributed by atoms with E-state index >= 15 is 0 Å². The number of ether oxygens (including phenoxy) is 2. The summed E-state index contributed by atoms with van der Waals surface area (Å²) in [6, 6.07) is 21.4. The van der Waals surface area contributed by atoms with Crippen molar-refractivity contribution in [2.45, 2.75) is 44.8 Å². The number of benzene rings is 3. The number of halogens is 1. The Balaban J connectivity index is 1.34. The first-order chi connectivity index (χ1) is 19.3. The van der Waals surface area contributed by atoms with Gasteiger partial charge in [0.05, 0.1) is 23.8 Å². The van der Waals surface area contributed by atoms with E-state index in [4.69, 9.17) is 26.2 Å². The lowest BCUT2D eigenvalue weighted by atomic mass is 9.83. The number of rotatable bonds is 8. The van der Waals surface area contributed by atoms with Gasteiger partial charge in [0, 0.05) is 29.7 Å². The summed E-state index contributed by atoms with van der Waals surface area (Å²) in [6.07, 6.45) is 1.97. The van der Waals surface area contributed by atoms with Crippen LogP contribution < -0.4 is 0 Å². The van der Waals surface area contributed by atoms with Crippen molar-refractivity contribution < 1.29 is 29.0 Å². The molecule has 1 amide bonds. The molecule has 1 saturated heterocycles. The Morgan fingerprint density at radius 1 is 1.00 bits per heavy atom. The van der Waals surface area contributed by atoms with Crippen molar-refractivity contribution in [1.29, 1.82) is 0 Å². The minimum Gasteiger partial charge on any atom is -0.478 e. The minimum absolute atomic E-state index is 0.0397. The van der Waals surface area contributed by atoms with Crippen LogP contribution in [0.3, 0.4) is 0 Å². The van der Waals surface area contributed by atoms with Gasteiger partial charge in [0.25, 0.3) is 0 Å². The van der Waals surface area contributed by atoms with E-state index in [2.05, 4.69) is 0 Å². The van der Waals surface area contributed by atoms with Crippen molar-refractivity contribution in [1.82, 2.24) is 4.90 Å². The van der Waals surface area contributed by atoms with Gasteiger partial charge in [-0.2, -0.15) is 0 Å². The van der Waals surface area contributed by atoms with Crippen molar-refractivity contribution in [3.05, 3.63) is 106 Å². The molecule has 2 heterocycles. The molecule has 0 unspecified atom stereocenters. The van der Waals surface area contributed by atoms with Gasteiger partial charge < -0.3 is 19.5 Å². The van der Waals surface area contributed by atoms with E-state index in [0.717, 1.165) is 35.1 Å². The van der Waals surface area contributed by atoms with Crippen molar-refractivity contribution in [3.8, 4) is 11.1 Å². The van der Waals surface area contributed by atoms with Gasteiger partial charge in [-0.3, -0.25) is 4.79 Å². The number of carboxylic acids is 1. The molecule has 2 aliphatic heterocycles. The SMILES string of the molecule is CC1=C(C(=O)OCc2ccc(-c3ccc(C(=O)O)cc3)cc2)[C@H](c2ccc(Cl)cc2)CC(=O)N1C[C@H]1CCCO1. The van der Waals surface area contributed by atoms with Crippen LogP contribution in [0, 0.1) is 0 Å². The number of esters is 1. The molecule has 1 fully saturated rings. The highest BCUT2D eigenvalue weighted by Gasteiger charge is 2.38. The van der Waals surface area contributed by atoms with Gasteiger partial charge in [0.15, 0.2) is 0 Å². The van der Waals surface area contributed by atoms with Crippen LogP contribution >= 0.6 is 11.6 Å². The lowest BCUT2D eigenvalue weighted by molar-refractivity contribution is -0.141. The van der Waals surface area contributed by atoms with Crippen LogP contribution in [0.5, 0.6) is 0 Å². The summed E-state index contributed by atoms with van der Waals surface area (Å²) in [4.78, 5) is 39.6. The zero-order chi connectivity index (χ0) is 28.2. The molecule has 0 saturated carbocycles. The number of carbonyl (C=O) groups is 3. The third kappa shape index (κ3) is 6.11. The fourth-order valence-electron chi connectivity index (χ4n) is 5.30. The molecule has 2 atom stereocenters. The molecule has 8 heteroatoms. The van der Waals surface area contributed by atoms with Crippen LogP contribution in [0.4, 0.5) is 0 Å². The van der Waals surface area contributed by atoms with Crippen LogP contribution in [0.2, 0.25) is 5.02 Å². The summed E-state index contributed by atoms with van der Waals surface area (Å²) in [5, 5.41) is 9.69. The number of aromatic carboxylic acids is 1. The largest absolute Gasteiger partial charge is 0.478 e. The van der Waals surface area contributed by atoms with E-state index in [-0.39, 0.29) is 30.6 Å². The van der Waals surface area contributed by atoms with Gasteiger partial charge in [0.1, 0.15) is 6.61 Å². The average molecular weight is 560 g/mol. The molecule has 40 heavy (non-hydrogen) atoms. The van der Waals surface area contributed by atoms with E-state index in [9.17, 15) is 14.4 Å². The summed E-state index contributed by atoms with van der Waals surface area (Å²) in [6.45, 7) is 2.98. The molecule has 5 rings (SSSR count). The number of allylic oxidation sites excluding steroid dienone is 1. The normalized spacial score (nSPS) is 19.1. The second-order valence-corrected chi connectivity index (χ2v) is 10.5. The number of carboxylic acid groups (broad SMARTS) is 1. The van der Waals surface area contributed by atoms with Crippen LogP contribution in [0.25, 0.3) is 11.1 Å². The van der Waals surface area contributed by atoms with E-state index in [1.807, 2.05) is 36.4 Å². The number of amides is 1. The highest BCUT2D eigenvalue weighted by Crippen LogP contribution is 2.38. The van der Waals surface area contributed by atoms with E-state index in [1.165, 1.54) is 0 Å². The lowest BCUT2D eigenvalue weighted by Crippen LogP contribution is -2.42. The fraction of sp³-hybridized carbons (Fsp3) is 0.281. The summed E-state index contributed by atoms with van der Waals surface area (Å²) >= 11 is 6.10. The Labute approximate surface area is 238 Å². The molecule has 0 radical (unpaired) electrons. The van der Waals surface area contributed by atoms with E-state index in [0.29, 0.717) is 29.4 Å². The molecule has 0 bridgehead atoms. The molecule has 0 aliphatic carbocycles. The zero-order valence-corrected chi connectivity index (χ0v) is 22.9. The Morgan fingerprint density at radius 2 is 1.65 bits per heavy atom. The van der Waals surface area contributed by atoms with Gasteiger partial charge in [-0.05, 0) is 66.3 Å². The quantitative estimate of drug-likeness (QED) is 0.329. The minimum atomic E-state index is -0.968. The van der Waals surface area contributed by atoms with Gasteiger partial charge in [-0.25, -0.2) is 9.59 Å². The smallest absolute Gasteiger partial charge is 0.336 e.